The molecule has 1 N–H and O–H groups in total. The summed E-state index contributed by atoms with van der Waals surface area (Å²) in [7, 11) is -3.97. The molecule has 0 aromatic carbocycles. The zero-order valence-electron chi connectivity index (χ0n) is 3.85. The largest absolute Gasteiger partial charge is 0.285 e. The average molecular weight is 174 g/mol. The van der Waals surface area contributed by atoms with Gasteiger partial charge in [-0.1, -0.05) is 0 Å². The van der Waals surface area contributed by atoms with Gasteiger partial charge >= 0.3 is 0 Å². The van der Waals surface area contributed by atoms with Gasteiger partial charge in [0, 0.05) is 5.75 Å². The Morgan fingerprint density at radius 3 is 2.00 bits per heavy atom. The molecule has 8 heavy (non-hydrogen) atoms. The molecule has 0 aliphatic rings. The molecule has 0 aliphatic heterocycles. The lowest BCUT2D eigenvalue weighted by atomic mass is 10.9. The zero-order chi connectivity index (χ0) is 6.78. The van der Waals surface area contributed by atoms with Crippen molar-refractivity contribution in [1.82, 2.24) is 0 Å². The van der Waals surface area contributed by atoms with Crippen LogP contribution in [0.3, 0.4) is 0 Å². The van der Waals surface area contributed by atoms with Crippen molar-refractivity contribution >= 4 is 35.4 Å². The van der Waals surface area contributed by atoms with Crippen molar-refractivity contribution in [1.29, 1.82) is 0 Å². The summed E-state index contributed by atoms with van der Waals surface area (Å²) in [5.41, 5.74) is 0. The Morgan fingerprint density at radius 1 is 1.62 bits per heavy atom. The van der Waals surface area contributed by atoms with E-state index in [0.29, 0.717) is 0 Å². The van der Waals surface area contributed by atoms with Crippen LogP contribution in [0.1, 0.15) is 0 Å². The molecule has 0 rings (SSSR count). The quantitative estimate of drug-likeness (QED) is 0.410. The van der Waals surface area contributed by atoms with Crippen molar-refractivity contribution in [2.24, 2.45) is 0 Å². The number of hydrogen-bond acceptors (Lipinski definition) is 4. The Bertz CT molecular complexity index is 148. The van der Waals surface area contributed by atoms with Crippen LogP contribution in [0.25, 0.3) is 0 Å². The van der Waals surface area contributed by atoms with Crippen LogP contribution in [0.15, 0.2) is 0 Å². The smallest absolute Gasteiger partial charge is 0.277 e. The molecule has 0 saturated heterocycles. The highest BCUT2D eigenvalue weighted by atomic mass is 32.3. The number of thiol groups is 2. The van der Waals surface area contributed by atoms with Gasteiger partial charge in [-0.25, -0.2) is 0 Å². The fraction of sp³-hybridized carbons (Fsp3) is 1.00. The number of hydrogen-bond donors (Lipinski definition) is 3. The van der Waals surface area contributed by atoms with Crippen molar-refractivity contribution in [2.75, 3.05) is 5.75 Å². The second kappa shape index (κ2) is 2.95. The van der Waals surface area contributed by atoms with E-state index in [-0.39, 0.29) is 5.75 Å². The second-order valence-electron chi connectivity index (χ2n) is 1.15. The van der Waals surface area contributed by atoms with Crippen molar-refractivity contribution in [3.63, 3.8) is 0 Å². The van der Waals surface area contributed by atoms with E-state index in [1.54, 1.807) is 0 Å². The van der Waals surface area contributed by atoms with E-state index >= 15 is 0 Å². The van der Waals surface area contributed by atoms with Gasteiger partial charge in [-0.2, -0.15) is 33.7 Å². The van der Waals surface area contributed by atoms with E-state index in [1.165, 1.54) is 0 Å². The summed E-state index contributed by atoms with van der Waals surface area (Å²) in [6.07, 6.45) is 0. The van der Waals surface area contributed by atoms with Crippen molar-refractivity contribution < 1.29 is 13.0 Å². The van der Waals surface area contributed by atoms with Gasteiger partial charge in [0.2, 0.25) is 0 Å². The van der Waals surface area contributed by atoms with Crippen LogP contribution < -0.4 is 0 Å². The first-order valence-corrected chi connectivity index (χ1v) is 4.39. The van der Waals surface area contributed by atoms with Crippen LogP contribution in [0.4, 0.5) is 0 Å². The summed E-state index contributed by atoms with van der Waals surface area (Å²) in [5, 5.41) is 0. The maximum atomic E-state index is 9.99. The summed E-state index contributed by atoms with van der Waals surface area (Å²) in [6, 6.07) is 0. The van der Waals surface area contributed by atoms with Crippen LogP contribution in [-0.2, 0) is 10.1 Å². The summed E-state index contributed by atoms with van der Waals surface area (Å²) in [5.74, 6) is 0.0158. The second-order valence-corrected chi connectivity index (χ2v) is 4.09. The Balaban J connectivity index is 4.04. The fourth-order valence-corrected chi connectivity index (χ4v) is 0.848. The Hall–Kier alpha value is 0.610. The predicted octanol–water partition coefficient (Wildman–Crippen LogP) is 0.0599. The normalized spacial score (nSPS) is 15.9. The molecule has 0 aliphatic carbocycles. The Morgan fingerprint density at radius 2 is 2.00 bits per heavy atom. The molecule has 0 amide bonds. The molecular formula is C2H6O3S3. The first kappa shape index (κ1) is 8.61. The third-order valence-corrected chi connectivity index (χ3v) is 3.24. The van der Waals surface area contributed by atoms with Crippen molar-refractivity contribution in [3.05, 3.63) is 0 Å². The first-order chi connectivity index (χ1) is 3.48. The minimum absolute atomic E-state index is 0.0158. The molecule has 6 heteroatoms. The van der Waals surface area contributed by atoms with Gasteiger partial charge < -0.3 is 0 Å². The van der Waals surface area contributed by atoms with Crippen LogP contribution in [0, 0.1) is 0 Å². The summed E-state index contributed by atoms with van der Waals surface area (Å²) in [6.45, 7) is 0. The SMILES string of the molecule is O=S(=O)(O)C(S)CS. The van der Waals surface area contributed by atoms with E-state index < -0.39 is 14.7 Å². The number of rotatable bonds is 2. The molecule has 0 heterocycles. The standard InChI is InChI=1S/C2H6O3S3/c3-8(4,5)2(7)1-6/h2,6-7H,1H2,(H,3,4,5). The maximum Gasteiger partial charge on any atom is 0.277 e. The Labute approximate surface area is 59.0 Å². The van der Waals surface area contributed by atoms with Gasteiger partial charge in [-0.3, -0.25) is 4.55 Å². The van der Waals surface area contributed by atoms with Crippen molar-refractivity contribution in [3.8, 4) is 0 Å². The van der Waals surface area contributed by atoms with Crippen LogP contribution in [0.5, 0.6) is 0 Å². The van der Waals surface area contributed by atoms with Crippen LogP contribution in [-0.4, -0.2) is 23.3 Å². The minimum atomic E-state index is -3.97. The van der Waals surface area contributed by atoms with Gasteiger partial charge in [0.1, 0.15) is 4.58 Å². The minimum Gasteiger partial charge on any atom is -0.285 e. The molecule has 0 fully saturated rings. The molecule has 0 aromatic rings. The zero-order valence-corrected chi connectivity index (χ0v) is 6.46. The monoisotopic (exact) mass is 174 g/mol. The molecule has 1 atom stereocenters. The first-order valence-electron chi connectivity index (χ1n) is 1.73. The molecule has 1 unspecified atom stereocenters. The third kappa shape index (κ3) is 2.81. The highest BCUT2D eigenvalue weighted by molar-refractivity contribution is 8.02. The van der Waals surface area contributed by atoms with E-state index in [4.69, 9.17) is 4.55 Å². The lowest BCUT2D eigenvalue weighted by molar-refractivity contribution is 0.482. The average Bonchev–Trinajstić information content (AvgIpc) is 1.62. The molecule has 0 bridgehead atoms. The fourth-order valence-electron chi connectivity index (χ4n) is 0.0942. The molecule has 0 radical (unpaired) electrons. The van der Waals surface area contributed by atoms with E-state index in [2.05, 4.69) is 25.3 Å². The van der Waals surface area contributed by atoms with Gasteiger partial charge in [0.15, 0.2) is 0 Å². The van der Waals surface area contributed by atoms with Crippen molar-refractivity contribution in [2.45, 2.75) is 4.58 Å². The summed E-state index contributed by atoms with van der Waals surface area (Å²) < 4.78 is 27.1. The molecule has 50 valence electrons. The van der Waals surface area contributed by atoms with Gasteiger partial charge in [0.05, 0.1) is 0 Å². The van der Waals surface area contributed by atoms with Crippen LogP contribution >= 0.6 is 25.3 Å². The van der Waals surface area contributed by atoms with Crippen LogP contribution in [0.2, 0.25) is 0 Å². The molecular weight excluding hydrogens is 168 g/mol. The highest BCUT2D eigenvalue weighted by Crippen LogP contribution is 2.03. The summed E-state index contributed by atoms with van der Waals surface area (Å²) >= 11 is 7.09. The maximum absolute atomic E-state index is 9.99. The van der Waals surface area contributed by atoms with Gasteiger partial charge in [0.25, 0.3) is 10.1 Å². The third-order valence-electron chi connectivity index (χ3n) is 0.500. The molecule has 0 aromatic heterocycles. The lowest BCUT2D eigenvalue weighted by Gasteiger charge is -1.99. The van der Waals surface area contributed by atoms with Gasteiger partial charge in [-0.15, -0.1) is 0 Å². The predicted molar refractivity (Wildman–Crippen MR) is 38.2 cm³/mol. The topological polar surface area (TPSA) is 54.4 Å². The van der Waals surface area contributed by atoms with E-state index in [9.17, 15) is 8.42 Å². The molecule has 3 nitrogen and oxygen atoms in total. The lowest BCUT2D eigenvalue weighted by Crippen LogP contribution is -2.14. The van der Waals surface area contributed by atoms with E-state index in [1.807, 2.05) is 0 Å². The van der Waals surface area contributed by atoms with E-state index in [0.717, 1.165) is 0 Å². The summed E-state index contributed by atoms with van der Waals surface area (Å²) in [4.78, 5) is 0. The Kier molecular flexibility index (Phi) is 3.18. The molecule has 0 saturated carbocycles. The van der Waals surface area contributed by atoms with Gasteiger partial charge in [-0.05, 0) is 0 Å². The highest BCUT2D eigenvalue weighted by Gasteiger charge is 2.14. The molecule has 0 spiro atoms.